The van der Waals surface area contributed by atoms with E-state index in [-0.39, 0.29) is 6.03 Å². The van der Waals surface area contributed by atoms with Crippen molar-refractivity contribution in [1.29, 1.82) is 0 Å². The lowest BCUT2D eigenvalue weighted by molar-refractivity contribution is -0.225. The predicted octanol–water partition coefficient (Wildman–Crippen LogP) is 3.93. The van der Waals surface area contributed by atoms with E-state index in [9.17, 15) is 4.79 Å². The van der Waals surface area contributed by atoms with E-state index in [1.807, 2.05) is 60.4 Å². The van der Waals surface area contributed by atoms with Crippen LogP contribution in [0.1, 0.15) is 24.0 Å². The van der Waals surface area contributed by atoms with Crippen LogP contribution < -0.4 is 10.1 Å². The molecule has 2 aromatic rings. The number of rotatable bonds is 1. The molecule has 0 aromatic heterocycles. The summed E-state index contributed by atoms with van der Waals surface area (Å²) in [5, 5.41) is 2.96. The number of benzene rings is 2. The van der Waals surface area contributed by atoms with Gasteiger partial charge in [0.1, 0.15) is 5.75 Å². The highest BCUT2D eigenvalue weighted by Crippen LogP contribution is 2.37. The van der Waals surface area contributed by atoms with Gasteiger partial charge in [-0.3, -0.25) is 0 Å². The lowest BCUT2D eigenvalue weighted by atomic mass is 10.0. The number of anilines is 1. The molecule has 1 fully saturated rings. The number of carbonyl (C=O) groups is 1. The average molecular weight is 338 g/mol. The second-order valence-corrected chi connectivity index (χ2v) is 6.70. The van der Waals surface area contributed by atoms with Crippen molar-refractivity contribution < 1.29 is 14.3 Å². The molecule has 1 spiro atoms. The van der Waals surface area contributed by atoms with Crippen LogP contribution in [-0.4, -0.2) is 29.8 Å². The number of carbonyl (C=O) groups excluding carboxylic acids is 1. The van der Waals surface area contributed by atoms with Crippen molar-refractivity contribution in [1.82, 2.24) is 4.90 Å². The Morgan fingerprint density at radius 3 is 2.72 bits per heavy atom. The number of aryl methyl sites for hydroxylation is 1. The Balaban J connectivity index is 1.38. The Morgan fingerprint density at radius 1 is 1.12 bits per heavy atom. The van der Waals surface area contributed by atoms with Gasteiger partial charge >= 0.3 is 6.03 Å². The Kier molecular flexibility index (Phi) is 4.09. The Labute approximate surface area is 147 Å². The van der Waals surface area contributed by atoms with Gasteiger partial charge in [-0.05, 0) is 30.7 Å². The summed E-state index contributed by atoms with van der Waals surface area (Å²) in [7, 11) is 0. The van der Waals surface area contributed by atoms with Gasteiger partial charge in [-0.15, -0.1) is 0 Å². The van der Waals surface area contributed by atoms with E-state index in [2.05, 4.69) is 5.32 Å². The molecule has 4 rings (SSSR count). The summed E-state index contributed by atoms with van der Waals surface area (Å²) in [6.07, 6.45) is 1.34. The van der Waals surface area contributed by atoms with Crippen molar-refractivity contribution in [2.24, 2.45) is 0 Å². The summed E-state index contributed by atoms with van der Waals surface area (Å²) in [6.45, 7) is 3.79. The lowest BCUT2D eigenvalue weighted by Gasteiger charge is -2.43. The molecule has 0 atom stereocenters. The van der Waals surface area contributed by atoms with Gasteiger partial charge in [0.2, 0.25) is 5.79 Å². The summed E-state index contributed by atoms with van der Waals surface area (Å²) in [5.74, 6) is 0.292. The van der Waals surface area contributed by atoms with E-state index in [0.717, 1.165) is 22.6 Å². The van der Waals surface area contributed by atoms with Crippen LogP contribution in [0.15, 0.2) is 48.5 Å². The fourth-order valence-electron chi connectivity index (χ4n) is 3.38. The van der Waals surface area contributed by atoms with Gasteiger partial charge in [-0.2, -0.15) is 0 Å². The number of para-hydroxylation sites is 1. The number of likely N-dealkylation sites (tertiary alicyclic amines) is 1. The molecule has 2 aliphatic heterocycles. The van der Waals surface area contributed by atoms with Crippen LogP contribution in [0.25, 0.3) is 0 Å². The van der Waals surface area contributed by atoms with Crippen molar-refractivity contribution >= 4 is 11.7 Å². The maximum atomic E-state index is 12.5. The van der Waals surface area contributed by atoms with Gasteiger partial charge in [0, 0.05) is 37.2 Å². The smallest absolute Gasteiger partial charge is 0.321 e. The van der Waals surface area contributed by atoms with Gasteiger partial charge in [-0.25, -0.2) is 4.79 Å². The lowest BCUT2D eigenvalue weighted by Crippen LogP contribution is -2.53. The Bertz CT molecular complexity index is 782. The molecule has 5 heteroatoms. The van der Waals surface area contributed by atoms with Gasteiger partial charge in [0.05, 0.1) is 6.61 Å². The summed E-state index contributed by atoms with van der Waals surface area (Å²) in [4.78, 5) is 14.3. The fourth-order valence-corrected chi connectivity index (χ4v) is 3.38. The molecule has 130 valence electrons. The molecule has 2 heterocycles. The van der Waals surface area contributed by atoms with E-state index < -0.39 is 5.79 Å². The SMILES string of the molecule is Cc1cccc(NC(=O)N2CCC3(CC2)OCc2ccccc2O3)c1. The first-order valence-electron chi connectivity index (χ1n) is 8.67. The minimum absolute atomic E-state index is 0.0725. The molecule has 0 radical (unpaired) electrons. The van der Waals surface area contributed by atoms with Crippen LogP contribution in [0.2, 0.25) is 0 Å². The first kappa shape index (κ1) is 16.0. The quantitative estimate of drug-likeness (QED) is 0.857. The zero-order chi connectivity index (χ0) is 17.3. The van der Waals surface area contributed by atoms with Crippen molar-refractivity contribution in [2.75, 3.05) is 18.4 Å². The van der Waals surface area contributed by atoms with Crippen LogP contribution >= 0.6 is 0 Å². The zero-order valence-corrected chi connectivity index (χ0v) is 14.3. The largest absolute Gasteiger partial charge is 0.462 e. The third-order valence-electron chi connectivity index (χ3n) is 4.84. The van der Waals surface area contributed by atoms with E-state index in [1.54, 1.807) is 0 Å². The topological polar surface area (TPSA) is 50.8 Å². The molecule has 0 aliphatic carbocycles. The van der Waals surface area contributed by atoms with Crippen LogP contribution in [-0.2, 0) is 11.3 Å². The number of hydrogen-bond acceptors (Lipinski definition) is 3. The fraction of sp³-hybridized carbons (Fsp3) is 0.350. The highest BCUT2D eigenvalue weighted by Gasteiger charge is 2.41. The monoisotopic (exact) mass is 338 g/mol. The van der Waals surface area contributed by atoms with E-state index in [4.69, 9.17) is 9.47 Å². The van der Waals surface area contributed by atoms with Gasteiger partial charge in [0.15, 0.2) is 0 Å². The number of piperidine rings is 1. The number of urea groups is 1. The third kappa shape index (κ3) is 3.33. The van der Waals surface area contributed by atoms with Crippen molar-refractivity contribution in [3.63, 3.8) is 0 Å². The molecule has 25 heavy (non-hydrogen) atoms. The second kappa shape index (κ2) is 6.41. The summed E-state index contributed by atoms with van der Waals surface area (Å²) in [5.41, 5.74) is 3.02. The molecule has 1 N–H and O–H groups in total. The number of fused-ring (bicyclic) bond motifs is 1. The van der Waals surface area contributed by atoms with Crippen LogP contribution in [0.5, 0.6) is 5.75 Å². The molecular formula is C20H22N2O3. The van der Waals surface area contributed by atoms with Crippen molar-refractivity contribution in [3.8, 4) is 5.75 Å². The summed E-state index contributed by atoms with van der Waals surface area (Å²) >= 11 is 0. The number of nitrogens with zero attached hydrogens (tertiary/aromatic N) is 1. The first-order chi connectivity index (χ1) is 12.1. The van der Waals surface area contributed by atoms with Gasteiger partial charge in [-0.1, -0.05) is 30.3 Å². The standard InChI is InChI=1S/C20H22N2O3/c1-15-5-4-7-17(13-15)21-19(23)22-11-9-20(10-12-22)24-14-16-6-2-3-8-18(16)25-20/h2-8,13H,9-12,14H2,1H3,(H,21,23). The maximum Gasteiger partial charge on any atom is 0.321 e. The molecular weight excluding hydrogens is 316 g/mol. The minimum atomic E-state index is -0.603. The van der Waals surface area contributed by atoms with E-state index in [0.29, 0.717) is 32.5 Å². The molecule has 2 aliphatic rings. The number of hydrogen-bond donors (Lipinski definition) is 1. The molecule has 2 aromatic carbocycles. The number of amides is 2. The highest BCUT2D eigenvalue weighted by molar-refractivity contribution is 5.89. The van der Waals surface area contributed by atoms with E-state index >= 15 is 0 Å². The van der Waals surface area contributed by atoms with Crippen molar-refractivity contribution in [3.05, 3.63) is 59.7 Å². The summed E-state index contributed by atoms with van der Waals surface area (Å²) < 4.78 is 12.2. The maximum absolute atomic E-state index is 12.5. The Morgan fingerprint density at radius 2 is 1.92 bits per heavy atom. The molecule has 5 nitrogen and oxygen atoms in total. The Hall–Kier alpha value is -2.53. The molecule has 0 saturated carbocycles. The van der Waals surface area contributed by atoms with Crippen molar-refractivity contribution in [2.45, 2.75) is 32.2 Å². The number of ether oxygens (including phenoxy) is 2. The highest BCUT2D eigenvalue weighted by atomic mass is 16.7. The number of nitrogens with one attached hydrogen (secondary N) is 1. The van der Waals surface area contributed by atoms with Crippen LogP contribution in [0.4, 0.5) is 10.5 Å². The minimum Gasteiger partial charge on any atom is -0.462 e. The van der Waals surface area contributed by atoms with Gasteiger partial charge < -0.3 is 19.7 Å². The molecule has 1 saturated heterocycles. The molecule has 0 bridgehead atoms. The first-order valence-corrected chi connectivity index (χ1v) is 8.67. The van der Waals surface area contributed by atoms with Crippen LogP contribution in [0, 0.1) is 6.92 Å². The third-order valence-corrected chi connectivity index (χ3v) is 4.84. The molecule has 0 unspecified atom stereocenters. The predicted molar refractivity (Wildman–Crippen MR) is 95.6 cm³/mol. The van der Waals surface area contributed by atoms with Crippen LogP contribution in [0.3, 0.4) is 0 Å². The molecule has 2 amide bonds. The average Bonchev–Trinajstić information content (AvgIpc) is 2.62. The second-order valence-electron chi connectivity index (χ2n) is 6.70. The van der Waals surface area contributed by atoms with E-state index in [1.165, 1.54) is 0 Å². The normalized spacial score (nSPS) is 18.4. The summed E-state index contributed by atoms with van der Waals surface area (Å²) in [6, 6.07) is 15.7. The zero-order valence-electron chi connectivity index (χ0n) is 14.3. The van der Waals surface area contributed by atoms with Gasteiger partial charge in [0.25, 0.3) is 0 Å².